The summed E-state index contributed by atoms with van der Waals surface area (Å²) < 4.78 is 0. The number of fused-ring (bicyclic) bond motifs is 1. The predicted octanol–water partition coefficient (Wildman–Crippen LogP) is 3.57. The van der Waals surface area contributed by atoms with Crippen molar-refractivity contribution in [3.8, 4) is 5.75 Å². The highest BCUT2D eigenvalue weighted by atomic mass is 16.3. The van der Waals surface area contributed by atoms with Crippen molar-refractivity contribution in [1.29, 1.82) is 0 Å². The number of piperidine rings is 1. The minimum Gasteiger partial charge on any atom is -0.508 e. The van der Waals surface area contributed by atoms with Crippen molar-refractivity contribution in [3.05, 3.63) is 23.8 Å². The summed E-state index contributed by atoms with van der Waals surface area (Å²) in [6.45, 7) is 3.03. The number of phenolic OH excluding ortho intramolecular Hbond substituents is 1. The van der Waals surface area contributed by atoms with Crippen LogP contribution in [0.15, 0.2) is 18.2 Å². The quantitative estimate of drug-likeness (QED) is 0.866. The summed E-state index contributed by atoms with van der Waals surface area (Å²) in [7, 11) is 0. The van der Waals surface area contributed by atoms with Gasteiger partial charge < -0.3 is 15.7 Å². The number of aromatic hydroxyl groups is 1. The van der Waals surface area contributed by atoms with Crippen molar-refractivity contribution < 1.29 is 5.11 Å². The third-order valence-corrected chi connectivity index (χ3v) is 5.08. The van der Waals surface area contributed by atoms with Gasteiger partial charge in [-0.3, -0.25) is 0 Å². The van der Waals surface area contributed by atoms with E-state index in [0.29, 0.717) is 11.8 Å². The number of nitrogens with two attached hydrogens (primary N) is 1. The molecule has 3 nitrogen and oxygen atoms in total. The van der Waals surface area contributed by atoms with E-state index in [-0.39, 0.29) is 6.04 Å². The lowest BCUT2D eigenvalue weighted by molar-refractivity contribution is 0.243. The van der Waals surface area contributed by atoms with Crippen molar-refractivity contribution >= 4 is 5.69 Å². The molecule has 1 aromatic carbocycles. The fourth-order valence-electron chi connectivity index (χ4n) is 4.04. The fraction of sp³-hybridized carbons (Fsp3) is 0.647. The third kappa shape index (κ3) is 2.51. The lowest BCUT2D eigenvalue weighted by Crippen LogP contribution is -2.46. The van der Waals surface area contributed by atoms with Gasteiger partial charge in [-0.1, -0.05) is 18.9 Å². The van der Waals surface area contributed by atoms with Crippen LogP contribution in [-0.4, -0.2) is 17.7 Å². The second-order valence-electron chi connectivity index (χ2n) is 6.48. The molecule has 3 heteroatoms. The van der Waals surface area contributed by atoms with Gasteiger partial charge in [0.25, 0.3) is 0 Å². The van der Waals surface area contributed by atoms with E-state index in [9.17, 15) is 5.11 Å². The van der Waals surface area contributed by atoms with Gasteiger partial charge in [-0.05, 0) is 44.6 Å². The molecule has 0 amide bonds. The Morgan fingerprint density at radius 2 is 1.95 bits per heavy atom. The van der Waals surface area contributed by atoms with Crippen LogP contribution in [0.4, 0.5) is 5.69 Å². The number of hydrogen-bond donors (Lipinski definition) is 2. The highest BCUT2D eigenvalue weighted by molar-refractivity contribution is 5.55. The van der Waals surface area contributed by atoms with Gasteiger partial charge >= 0.3 is 0 Å². The van der Waals surface area contributed by atoms with Gasteiger partial charge in [-0.15, -0.1) is 0 Å². The van der Waals surface area contributed by atoms with Crippen molar-refractivity contribution in [2.24, 2.45) is 11.7 Å². The lowest BCUT2D eigenvalue weighted by Gasteiger charge is -2.45. The maximum atomic E-state index is 10.2. The molecule has 1 heterocycles. The highest BCUT2D eigenvalue weighted by Crippen LogP contribution is 2.39. The van der Waals surface area contributed by atoms with Crippen molar-refractivity contribution in [2.45, 2.75) is 57.5 Å². The van der Waals surface area contributed by atoms with E-state index in [1.807, 2.05) is 19.1 Å². The van der Waals surface area contributed by atoms with E-state index in [1.54, 1.807) is 0 Å². The van der Waals surface area contributed by atoms with E-state index in [2.05, 4.69) is 11.0 Å². The number of rotatable bonds is 2. The fourth-order valence-corrected chi connectivity index (χ4v) is 4.04. The molecule has 1 unspecified atom stereocenters. The molecule has 3 rings (SSSR count). The van der Waals surface area contributed by atoms with Gasteiger partial charge in [-0.2, -0.15) is 0 Å². The Kier molecular flexibility index (Phi) is 3.88. The van der Waals surface area contributed by atoms with Gasteiger partial charge in [0.05, 0.1) is 0 Å². The predicted molar refractivity (Wildman–Crippen MR) is 83.0 cm³/mol. The van der Waals surface area contributed by atoms with E-state index in [1.165, 1.54) is 44.2 Å². The molecule has 1 saturated carbocycles. The minimum absolute atomic E-state index is 0.118. The molecule has 1 aliphatic carbocycles. The zero-order valence-electron chi connectivity index (χ0n) is 12.4. The van der Waals surface area contributed by atoms with E-state index >= 15 is 0 Å². The number of benzene rings is 1. The van der Waals surface area contributed by atoms with Crippen LogP contribution < -0.4 is 10.6 Å². The largest absolute Gasteiger partial charge is 0.508 e. The van der Waals surface area contributed by atoms with Crippen LogP contribution in [0.5, 0.6) is 5.75 Å². The van der Waals surface area contributed by atoms with Gasteiger partial charge in [0.1, 0.15) is 5.75 Å². The van der Waals surface area contributed by atoms with Gasteiger partial charge in [0.2, 0.25) is 0 Å². The second-order valence-corrected chi connectivity index (χ2v) is 6.48. The molecule has 0 bridgehead atoms. The van der Waals surface area contributed by atoms with Gasteiger partial charge in [-0.25, -0.2) is 0 Å². The Balaban J connectivity index is 1.85. The Bertz CT molecular complexity index is 470. The molecular weight excluding hydrogens is 248 g/mol. The summed E-state index contributed by atoms with van der Waals surface area (Å²) in [6.07, 6.45) is 8.08. The van der Waals surface area contributed by atoms with Crippen molar-refractivity contribution in [3.63, 3.8) is 0 Å². The summed E-state index contributed by atoms with van der Waals surface area (Å²) in [5.41, 5.74) is 7.88. The monoisotopic (exact) mass is 274 g/mol. The first-order valence-corrected chi connectivity index (χ1v) is 8.02. The molecule has 1 aliphatic heterocycles. The minimum atomic E-state index is -0.118. The summed E-state index contributed by atoms with van der Waals surface area (Å²) in [4.78, 5) is 2.53. The standard InChI is InChI=1S/C17H26N2O/c1-12(18)15-9-8-14(11-17(15)20)19-10-4-6-13-5-2-3-7-16(13)19/h8-9,11-13,16,20H,2-7,10,18H2,1H3/t12?,13-,16-/m1/s1. The maximum Gasteiger partial charge on any atom is 0.122 e. The first-order valence-electron chi connectivity index (χ1n) is 8.02. The summed E-state index contributed by atoms with van der Waals surface area (Å²) in [5.74, 6) is 1.20. The Morgan fingerprint density at radius 1 is 1.20 bits per heavy atom. The molecule has 0 aromatic heterocycles. The zero-order valence-corrected chi connectivity index (χ0v) is 12.4. The summed E-state index contributed by atoms with van der Waals surface area (Å²) in [5, 5.41) is 10.2. The van der Waals surface area contributed by atoms with Crippen LogP contribution >= 0.6 is 0 Å². The second kappa shape index (κ2) is 5.65. The maximum absolute atomic E-state index is 10.2. The third-order valence-electron chi connectivity index (χ3n) is 5.08. The molecule has 110 valence electrons. The molecule has 0 radical (unpaired) electrons. The van der Waals surface area contributed by atoms with Crippen LogP contribution in [0.2, 0.25) is 0 Å². The molecular formula is C17H26N2O. The molecule has 2 fully saturated rings. The molecule has 20 heavy (non-hydrogen) atoms. The average molecular weight is 274 g/mol. The molecule has 3 N–H and O–H groups in total. The number of nitrogens with zero attached hydrogens (tertiary/aromatic N) is 1. The SMILES string of the molecule is CC(N)c1ccc(N2CCC[C@H]3CCCC[C@H]32)cc1O. The van der Waals surface area contributed by atoms with Crippen molar-refractivity contribution in [1.82, 2.24) is 0 Å². The number of anilines is 1. The van der Waals surface area contributed by atoms with Crippen LogP contribution in [0.1, 0.15) is 57.1 Å². The highest BCUT2D eigenvalue weighted by Gasteiger charge is 2.33. The number of hydrogen-bond acceptors (Lipinski definition) is 3. The van der Waals surface area contributed by atoms with Gasteiger partial charge in [0.15, 0.2) is 0 Å². The normalized spacial score (nSPS) is 28.0. The van der Waals surface area contributed by atoms with Crippen molar-refractivity contribution in [2.75, 3.05) is 11.4 Å². The smallest absolute Gasteiger partial charge is 0.122 e. The Labute approximate surface area is 121 Å². The molecule has 1 saturated heterocycles. The first-order chi connectivity index (χ1) is 9.66. The van der Waals surface area contributed by atoms with Crippen LogP contribution in [-0.2, 0) is 0 Å². The average Bonchev–Trinajstić information content (AvgIpc) is 2.46. The van der Waals surface area contributed by atoms with E-state index in [4.69, 9.17) is 5.73 Å². The van der Waals surface area contributed by atoms with Crippen LogP contribution in [0.25, 0.3) is 0 Å². The van der Waals surface area contributed by atoms with Gasteiger partial charge in [0, 0.05) is 35.9 Å². The van der Waals surface area contributed by atoms with Crippen LogP contribution in [0, 0.1) is 5.92 Å². The van der Waals surface area contributed by atoms with Crippen LogP contribution in [0.3, 0.4) is 0 Å². The van der Waals surface area contributed by atoms with E-state index < -0.39 is 0 Å². The lowest BCUT2D eigenvalue weighted by atomic mass is 9.78. The van der Waals surface area contributed by atoms with E-state index in [0.717, 1.165) is 18.0 Å². The topological polar surface area (TPSA) is 49.5 Å². The number of phenols is 1. The summed E-state index contributed by atoms with van der Waals surface area (Å²) in [6, 6.07) is 6.60. The molecule has 3 atom stereocenters. The zero-order chi connectivity index (χ0) is 14.1. The first kappa shape index (κ1) is 13.7. The Hall–Kier alpha value is -1.22. The summed E-state index contributed by atoms with van der Waals surface area (Å²) >= 11 is 0. The molecule has 2 aliphatic rings. The molecule has 1 aromatic rings. The Morgan fingerprint density at radius 3 is 2.70 bits per heavy atom. The molecule has 0 spiro atoms.